The molecule has 6 rings (SSSR count). The number of aryl methyl sites for hydroxylation is 1. The molecular weight excluding hydrogens is 418 g/mol. The maximum absolute atomic E-state index is 4.68. The first-order valence-electron chi connectivity index (χ1n) is 10.1. The van der Waals surface area contributed by atoms with E-state index >= 15 is 0 Å². The number of H-pyrrole nitrogens is 2. The van der Waals surface area contributed by atoms with Crippen LogP contribution >= 0.6 is 11.3 Å². The van der Waals surface area contributed by atoms with Crippen LogP contribution in [0.3, 0.4) is 0 Å². The lowest BCUT2D eigenvalue weighted by molar-refractivity contribution is 0.768. The Bertz CT molecular complexity index is 1630. The number of aromatic nitrogens is 7. The maximum atomic E-state index is 4.68. The topological polar surface area (TPSA) is 88.1 Å². The zero-order chi connectivity index (χ0) is 21.8. The minimum absolute atomic E-state index is 0.850. The van der Waals surface area contributed by atoms with Crippen molar-refractivity contribution in [2.24, 2.45) is 7.05 Å². The zero-order valence-electron chi connectivity index (χ0n) is 17.5. The molecule has 6 aromatic rings. The van der Waals surface area contributed by atoms with E-state index in [2.05, 4.69) is 55.0 Å². The first-order chi connectivity index (χ1) is 15.6. The monoisotopic (exact) mass is 437 g/mol. The minimum Gasteiger partial charge on any atom is -0.353 e. The molecule has 0 aliphatic heterocycles. The van der Waals surface area contributed by atoms with Crippen molar-refractivity contribution in [3.8, 4) is 33.2 Å². The number of thiophene rings is 1. The predicted molar refractivity (Wildman–Crippen MR) is 129 cm³/mol. The molecule has 32 heavy (non-hydrogen) atoms. The standard InChI is InChI=1S/C24H19N7S/c1-13(2)21-4-5-22(32-21)24-15-9-19(28-17(15)6-7-25-24)23-16-8-18(14-10-27-31(3)12-14)26-11-20(16)29-30-23/h4-12,28H,1H2,2-3H3,(H,29,30). The Morgan fingerprint density at radius 2 is 1.91 bits per heavy atom. The smallest absolute Gasteiger partial charge is 0.116 e. The van der Waals surface area contributed by atoms with Crippen molar-refractivity contribution in [3.05, 3.63) is 66.6 Å². The average molecular weight is 438 g/mol. The number of nitrogens with zero attached hydrogens (tertiary/aromatic N) is 5. The predicted octanol–water partition coefficient (Wildman–Crippen LogP) is 5.66. The molecule has 0 saturated carbocycles. The maximum Gasteiger partial charge on any atom is 0.116 e. The third-order valence-corrected chi connectivity index (χ3v) is 6.76. The second-order valence-electron chi connectivity index (χ2n) is 7.84. The van der Waals surface area contributed by atoms with Crippen molar-refractivity contribution in [3.63, 3.8) is 0 Å². The number of aromatic amines is 2. The fourth-order valence-corrected chi connectivity index (χ4v) is 4.85. The first-order valence-corrected chi connectivity index (χ1v) is 11.0. The fraction of sp³-hybridized carbons (Fsp3) is 0.0833. The van der Waals surface area contributed by atoms with E-state index in [1.165, 1.54) is 4.88 Å². The van der Waals surface area contributed by atoms with Gasteiger partial charge >= 0.3 is 0 Å². The number of nitrogens with one attached hydrogen (secondary N) is 2. The van der Waals surface area contributed by atoms with Gasteiger partial charge in [0, 0.05) is 46.2 Å². The third-order valence-electron chi connectivity index (χ3n) is 5.51. The molecule has 0 fully saturated rings. The Balaban J connectivity index is 1.49. The normalized spacial score (nSPS) is 11.6. The van der Waals surface area contributed by atoms with Gasteiger partial charge in [0.25, 0.3) is 0 Å². The van der Waals surface area contributed by atoms with Crippen molar-refractivity contribution in [1.29, 1.82) is 0 Å². The van der Waals surface area contributed by atoms with Crippen LogP contribution in [0, 0.1) is 0 Å². The highest BCUT2D eigenvalue weighted by Crippen LogP contribution is 2.37. The van der Waals surface area contributed by atoms with Gasteiger partial charge in [-0.3, -0.25) is 19.7 Å². The van der Waals surface area contributed by atoms with Gasteiger partial charge < -0.3 is 4.98 Å². The summed E-state index contributed by atoms with van der Waals surface area (Å²) in [5, 5.41) is 14.0. The van der Waals surface area contributed by atoms with E-state index in [1.807, 2.05) is 50.9 Å². The Morgan fingerprint density at radius 1 is 1.03 bits per heavy atom. The Labute approximate surface area is 187 Å². The Hall–Kier alpha value is -4.04. The van der Waals surface area contributed by atoms with E-state index in [0.717, 1.165) is 60.6 Å². The molecule has 0 atom stereocenters. The second kappa shape index (κ2) is 7.00. The Morgan fingerprint density at radius 3 is 2.69 bits per heavy atom. The molecule has 0 spiro atoms. The van der Waals surface area contributed by atoms with Crippen LogP contribution in [0.2, 0.25) is 0 Å². The molecule has 0 aromatic carbocycles. The van der Waals surface area contributed by atoms with Gasteiger partial charge in [-0.25, -0.2) is 0 Å². The van der Waals surface area contributed by atoms with Crippen LogP contribution < -0.4 is 0 Å². The molecule has 0 aliphatic carbocycles. The molecule has 2 N–H and O–H groups in total. The van der Waals surface area contributed by atoms with Crippen molar-refractivity contribution in [2.45, 2.75) is 6.92 Å². The van der Waals surface area contributed by atoms with E-state index < -0.39 is 0 Å². The quantitative estimate of drug-likeness (QED) is 0.372. The minimum atomic E-state index is 0.850. The number of hydrogen-bond donors (Lipinski definition) is 2. The molecule has 0 aliphatic rings. The largest absolute Gasteiger partial charge is 0.353 e. The summed E-state index contributed by atoms with van der Waals surface area (Å²) >= 11 is 1.71. The summed E-state index contributed by atoms with van der Waals surface area (Å²) in [5.41, 5.74) is 7.53. The summed E-state index contributed by atoms with van der Waals surface area (Å²) < 4.78 is 1.77. The van der Waals surface area contributed by atoms with Crippen LogP contribution in [-0.2, 0) is 7.05 Å². The van der Waals surface area contributed by atoms with Gasteiger partial charge in [-0.15, -0.1) is 11.3 Å². The number of rotatable bonds is 4. The van der Waals surface area contributed by atoms with E-state index in [0.29, 0.717) is 0 Å². The highest BCUT2D eigenvalue weighted by atomic mass is 32.1. The highest BCUT2D eigenvalue weighted by Gasteiger charge is 2.16. The van der Waals surface area contributed by atoms with Gasteiger partial charge in [0.05, 0.1) is 39.9 Å². The summed E-state index contributed by atoms with van der Waals surface area (Å²) in [6.07, 6.45) is 7.42. The summed E-state index contributed by atoms with van der Waals surface area (Å²) in [6.45, 7) is 6.08. The zero-order valence-corrected chi connectivity index (χ0v) is 18.4. The van der Waals surface area contributed by atoms with E-state index in [-0.39, 0.29) is 0 Å². The first kappa shape index (κ1) is 18.7. The lowest BCUT2D eigenvalue weighted by Crippen LogP contribution is -1.85. The van der Waals surface area contributed by atoms with Crippen LogP contribution in [-0.4, -0.2) is 34.9 Å². The lowest BCUT2D eigenvalue weighted by atomic mass is 10.1. The molecular formula is C24H19N7S. The van der Waals surface area contributed by atoms with Gasteiger partial charge in [-0.2, -0.15) is 10.2 Å². The highest BCUT2D eigenvalue weighted by molar-refractivity contribution is 7.16. The number of allylic oxidation sites excluding steroid dienone is 1. The van der Waals surface area contributed by atoms with Crippen LogP contribution in [0.15, 0.2) is 61.7 Å². The van der Waals surface area contributed by atoms with Gasteiger partial charge in [0.2, 0.25) is 0 Å². The number of pyridine rings is 2. The van der Waals surface area contributed by atoms with Crippen LogP contribution in [0.25, 0.3) is 60.6 Å². The van der Waals surface area contributed by atoms with Gasteiger partial charge in [0.15, 0.2) is 0 Å². The second-order valence-corrected chi connectivity index (χ2v) is 8.92. The van der Waals surface area contributed by atoms with E-state index in [1.54, 1.807) is 16.0 Å². The summed E-state index contributed by atoms with van der Waals surface area (Å²) in [5.74, 6) is 0. The van der Waals surface area contributed by atoms with Crippen molar-refractivity contribution in [1.82, 2.24) is 34.9 Å². The molecule has 6 heterocycles. The molecule has 156 valence electrons. The van der Waals surface area contributed by atoms with Crippen molar-refractivity contribution in [2.75, 3.05) is 0 Å². The Kier molecular flexibility index (Phi) is 4.09. The summed E-state index contributed by atoms with van der Waals surface area (Å²) in [7, 11) is 1.90. The van der Waals surface area contributed by atoms with Crippen molar-refractivity contribution >= 4 is 38.7 Å². The van der Waals surface area contributed by atoms with Crippen molar-refractivity contribution < 1.29 is 0 Å². The average Bonchev–Trinajstić information content (AvgIpc) is 3.56. The van der Waals surface area contributed by atoms with Gasteiger partial charge in [0.1, 0.15) is 5.69 Å². The van der Waals surface area contributed by atoms with Crippen LogP contribution in [0.4, 0.5) is 0 Å². The summed E-state index contributed by atoms with van der Waals surface area (Å²) in [4.78, 5) is 15.0. The SMILES string of the molecule is C=C(C)c1ccc(-c2nccc3[nH]c(-c4n[nH]c5cnc(-c6cnn(C)c6)cc45)cc23)s1. The third kappa shape index (κ3) is 2.96. The van der Waals surface area contributed by atoms with Gasteiger partial charge in [-0.05, 0) is 42.8 Å². The molecule has 8 heteroatoms. The summed E-state index contributed by atoms with van der Waals surface area (Å²) in [6, 6.07) is 10.4. The van der Waals surface area contributed by atoms with Crippen LogP contribution in [0.5, 0.6) is 0 Å². The fourth-order valence-electron chi connectivity index (χ4n) is 3.91. The molecule has 7 nitrogen and oxygen atoms in total. The molecule has 0 radical (unpaired) electrons. The van der Waals surface area contributed by atoms with E-state index in [4.69, 9.17) is 0 Å². The van der Waals surface area contributed by atoms with E-state index in [9.17, 15) is 0 Å². The molecule has 0 amide bonds. The van der Waals surface area contributed by atoms with Gasteiger partial charge in [-0.1, -0.05) is 6.58 Å². The number of hydrogen-bond acceptors (Lipinski definition) is 5. The molecule has 6 aromatic heterocycles. The van der Waals surface area contributed by atoms with Crippen LogP contribution in [0.1, 0.15) is 11.8 Å². The lowest BCUT2D eigenvalue weighted by Gasteiger charge is -1.98. The number of fused-ring (bicyclic) bond motifs is 2. The molecule has 0 unspecified atom stereocenters. The molecule has 0 bridgehead atoms. The molecule has 0 saturated heterocycles.